The largest absolute Gasteiger partial charge is 0.249 e. The third kappa shape index (κ3) is 2.14. The Bertz CT molecular complexity index is 1060. The van der Waals surface area contributed by atoms with Crippen molar-refractivity contribution in [1.29, 1.82) is 0 Å². The standard InChI is InChI=1S/C23H15N/c1-2-5-19-15-23-17-9-8-16(22(23)14-18(19)4-1)10-12-20-6-3-7-21(24-20)13-11-17/h1-15H/b12-10-,13-11-. The zero-order chi connectivity index (χ0) is 15.9. The molecule has 24 heavy (non-hydrogen) atoms. The highest BCUT2D eigenvalue weighted by molar-refractivity contribution is 6.06. The maximum absolute atomic E-state index is 4.66. The summed E-state index contributed by atoms with van der Waals surface area (Å²) in [4.78, 5) is 4.66. The van der Waals surface area contributed by atoms with Crippen LogP contribution >= 0.6 is 0 Å². The minimum absolute atomic E-state index is 0.982. The molecule has 2 aliphatic rings. The Kier molecular flexibility index (Phi) is 2.86. The summed E-state index contributed by atoms with van der Waals surface area (Å²) in [5, 5.41) is 5.10. The fourth-order valence-electron chi connectivity index (χ4n) is 3.37. The van der Waals surface area contributed by atoms with Crippen molar-refractivity contribution in [3.63, 3.8) is 0 Å². The molecule has 1 nitrogen and oxygen atoms in total. The van der Waals surface area contributed by atoms with E-state index in [4.69, 9.17) is 0 Å². The van der Waals surface area contributed by atoms with E-state index in [1.165, 1.54) is 32.7 Å². The summed E-state index contributed by atoms with van der Waals surface area (Å²) in [5.74, 6) is 0. The Hall–Kier alpha value is -3.19. The van der Waals surface area contributed by atoms with Crippen LogP contribution in [0, 0.1) is 0 Å². The molecule has 0 saturated carbocycles. The van der Waals surface area contributed by atoms with Crippen molar-refractivity contribution < 1.29 is 0 Å². The highest BCUT2D eigenvalue weighted by Crippen LogP contribution is 2.30. The number of hydrogen-bond donors (Lipinski definition) is 0. The third-order valence-electron chi connectivity index (χ3n) is 4.61. The second-order valence-corrected chi connectivity index (χ2v) is 6.14. The van der Waals surface area contributed by atoms with Crippen molar-refractivity contribution in [1.82, 2.24) is 4.98 Å². The van der Waals surface area contributed by atoms with Gasteiger partial charge in [0.1, 0.15) is 0 Å². The Labute approximate surface area is 140 Å². The van der Waals surface area contributed by atoms with Gasteiger partial charge in [0.05, 0.1) is 11.4 Å². The average molecular weight is 305 g/mol. The summed E-state index contributed by atoms with van der Waals surface area (Å²) in [6.07, 6.45) is 8.51. The molecular formula is C23H15N. The summed E-state index contributed by atoms with van der Waals surface area (Å²) in [6, 6.07) is 23.6. The minimum atomic E-state index is 0.982. The van der Waals surface area contributed by atoms with Gasteiger partial charge in [-0.2, -0.15) is 0 Å². The molecule has 0 aliphatic carbocycles. The number of aromatic nitrogens is 1. The second-order valence-electron chi connectivity index (χ2n) is 6.14. The van der Waals surface area contributed by atoms with Gasteiger partial charge in [-0.15, -0.1) is 0 Å². The molecule has 6 rings (SSSR count). The van der Waals surface area contributed by atoms with Gasteiger partial charge >= 0.3 is 0 Å². The Morgan fingerprint density at radius 2 is 1.04 bits per heavy atom. The highest BCUT2D eigenvalue weighted by atomic mass is 14.7. The normalized spacial score (nSPS) is 15.3. The Morgan fingerprint density at radius 1 is 0.500 bits per heavy atom. The lowest BCUT2D eigenvalue weighted by molar-refractivity contribution is 1.27. The number of fused-ring (bicyclic) bond motifs is 2. The molecule has 1 heteroatoms. The van der Waals surface area contributed by atoms with E-state index in [-0.39, 0.29) is 0 Å². The molecule has 4 bridgehead atoms. The quantitative estimate of drug-likeness (QED) is 0.318. The van der Waals surface area contributed by atoms with Gasteiger partial charge < -0.3 is 0 Å². The van der Waals surface area contributed by atoms with E-state index in [1.54, 1.807) is 0 Å². The van der Waals surface area contributed by atoms with Crippen LogP contribution < -0.4 is 0 Å². The molecule has 3 aromatic carbocycles. The molecule has 4 aromatic rings. The third-order valence-corrected chi connectivity index (χ3v) is 4.61. The monoisotopic (exact) mass is 305 g/mol. The highest BCUT2D eigenvalue weighted by Gasteiger charge is 2.06. The molecule has 0 fully saturated rings. The van der Waals surface area contributed by atoms with Gasteiger partial charge in [0, 0.05) is 0 Å². The SMILES string of the molecule is C1=C\c2ccc(c3cc4ccccc4cc23)/C=C\c2cccc/1n2. The van der Waals surface area contributed by atoms with Crippen molar-refractivity contribution in [3.05, 3.63) is 89.2 Å². The van der Waals surface area contributed by atoms with E-state index in [2.05, 4.69) is 83.9 Å². The van der Waals surface area contributed by atoms with E-state index in [0.717, 1.165) is 11.4 Å². The van der Waals surface area contributed by atoms with E-state index in [0.29, 0.717) is 0 Å². The van der Waals surface area contributed by atoms with Crippen molar-refractivity contribution in [3.8, 4) is 0 Å². The van der Waals surface area contributed by atoms with Crippen LogP contribution in [-0.4, -0.2) is 4.98 Å². The van der Waals surface area contributed by atoms with Crippen LogP contribution in [0.3, 0.4) is 0 Å². The summed E-state index contributed by atoms with van der Waals surface area (Å²) < 4.78 is 0. The number of rotatable bonds is 0. The van der Waals surface area contributed by atoms with Crippen LogP contribution in [0.2, 0.25) is 0 Å². The van der Waals surface area contributed by atoms with Gasteiger partial charge in [0.15, 0.2) is 0 Å². The number of hydrogen-bond acceptors (Lipinski definition) is 1. The van der Waals surface area contributed by atoms with E-state index in [9.17, 15) is 0 Å². The van der Waals surface area contributed by atoms with Gasteiger partial charge in [-0.25, -0.2) is 4.98 Å². The molecule has 0 spiro atoms. The first-order valence-corrected chi connectivity index (χ1v) is 8.16. The smallest absolute Gasteiger partial charge is 0.0637 e. The summed E-state index contributed by atoms with van der Waals surface area (Å²) in [6.45, 7) is 0. The van der Waals surface area contributed by atoms with Crippen molar-refractivity contribution in [2.45, 2.75) is 0 Å². The lowest BCUT2D eigenvalue weighted by atomic mass is 9.95. The van der Waals surface area contributed by atoms with Crippen LogP contribution in [-0.2, 0) is 0 Å². The first-order chi connectivity index (χ1) is 11.9. The Morgan fingerprint density at radius 3 is 1.58 bits per heavy atom. The first-order valence-electron chi connectivity index (χ1n) is 8.16. The van der Waals surface area contributed by atoms with Gasteiger partial charge in [0.25, 0.3) is 0 Å². The molecule has 112 valence electrons. The summed E-state index contributed by atoms with van der Waals surface area (Å²) >= 11 is 0. The van der Waals surface area contributed by atoms with Gasteiger partial charge in [-0.3, -0.25) is 0 Å². The molecule has 0 unspecified atom stereocenters. The fourth-order valence-corrected chi connectivity index (χ4v) is 3.37. The maximum atomic E-state index is 4.66. The number of nitrogens with zero attached hydrogens (tertiary/aromatic N) is 1. The van der Waals surface area contributed by atoms with Crippen molar-refractivity contribution in [2.24, 2.45) is 0 Å². The number of benzene rings is 3. The summed E-state index contributed by atoms with van der Waals surface area (Å²) in [5.41, 5.74) is 4.41. The van der Waals surface area contributed by atoms with Gasteiger partial charge in [-0.05, 0) is 69.1 Å². The van der Waals surface area contributed by atoms with E-state index < -0.39 is 0 Å². The minimum Gasteiger partial charge on any atom is -0.249 e. The molecule has 2 aliphatic heterocycles. The van der Waals surface area contributed by atoms with Crippen LogP contribution in [0.4, 0.5) is 0 Å². The van der Waals surface area contributed by atoms with E-state index >= 15 is 0 Å². The molecule has 1 aromatic heterocycles. The molecular weight excluding hydrogens is 290 g/mol. The van der Waals surface area contributed by atoms with Crippen LogP contribution in [0.1, 0.15) is 22.5 Å². The van der Waals surface area contributed by atoms with Gasteiger partial charge in [0.2, 0.25) is 0 Å². The van der Waals surface area contributed by atoms with Crippen molar-refractivity contribution >= 4 is 45.8 Å². The van der Waals surface area contributed by atoms with Crippen molar-refractivity contribution in [2.75, 3.05) is 0 Å². The molecule has 0 radical (unpaired) electrons. The molecule has 0 N–H and O–H groups in total. The molecule has 0 atom stereocenters. The maximum Gasteiger partial charge on any atom is 0.0637 e. The first kappa shape index (κ1) is 13.3. The predicted octanol–water partition coefficient (Wildman–Crippen LogP) is 6.04. The summed E-state index contributed by atoms with van der Waals surface area (Å²) in [7, 11) is 0. The lowest BCUT2D eigenvalue weighted by Crippen LogP contribution is -1.84. The topological polar surface area (TPSA) is 12.9 Å². The second kappa shape index (κ2) is 5.17. The van der Waals surface area contributed by atoms with Crippen LogP contribution in [0.25, 0.3) is 45.8 Å². The predicted molar refractivity (Wildman–Crippen MR) is 104 cm³/mol. The zero-order valence-electron chi connectivity index (χ0n) is 13.1. The Balaban J connectivity index is 1.90. The molecule has 3 heterocycles. The molecule has 0 saturated heterocycles. The lowest BCUT2D eigenvalue weighted by Gasteiger charge is -2.09. The molecule has 0 amide bonds. The van der Waals surface area contributed by atoms with Gasteiger partial charge in [-0.1, -0.05) is 54.6 Å². The average Bonchev–Trinajstić information content (AvgIpc) is 2.67. The zero-order valence-corrected chi connectivity index (χ0v) is 13.1. The van der Waals surface area contributed by atoms with Crippen LogP contribution in [0.15, 0.2) is 66.7 Å². The fraction of sp³-hybridized carbons (Fsp3) is 0. The van der Waals surface area contributed by atoms with E-state index in [1.807, 2.05) is 12.1 Å². The van der Waals surface area contributed by atoms with Crippen LogP contribution in [0.5, 0.6) is 0 Å². The number of pyridine rings is 1.